The van der Waals surface area contributed by atoms with Gasteiger partial charge in [0.25, 0.3) is 0 Å². The number of hydrogen-bond donors (Lipinski definition) is 1. The summed E-state index contributed by atoms with van der Waals surface area (Å²) in [4.78, 5) is 12.8. The van der Waals surface area contributed by atoms with Gasteiger partial charge in [0.15, 0.2) is 0 Å². The number of carbonyl (C=O) groups is 1. The summed E-state index contributed by atoms with van der Waals surface area (Å²) in [5.74, 6) is 1.35. The number of hydrogen-bond acceptors (Lipinski definition) is 4. The Labute approximate surface area is 131 Å². The highest BCUT2D eigenvalue weighted by molar-refractivity contribution is 8.15. The highest BCUT2D eigenvalue weighted by Gasteiger charge is 2.66. The highest BCUT2D eigenvalue weighted by Crippen LogP contribution is 2.67. The summed E-state index contributed by atoms with van der Waals surface area (Å²) in [5.41, 5.74) is 3.63. The van der Waals surface area contributed by atoms with Gasteiger partial charge in [0, 0.05) is 11.8 Å². The lowest BCUT2D eigenvalue weighted by Crippen LogP contribution is -2.38. The molecule has 0 unspecified atom stereocenters. The van der Waals surface area contributed by atoms with Crippen LogP contribution in [0.2, 0.25) is 0 Å². The second-order valence-corrected chi connectivity index (χ2v) is 9.33. The van der Waals surface area contributed by atoms with E-state index in [4.69, 9.17) is 0 Å². The molecule has 0 aromatic heterocycles. The number of nitrogens with one attached hydrogen (secondary N) is 1. The molecule has 3 saturated carbocycles. The van der Waals surface area contributed by atoms with E-state index in [0.29, 0.717) is 17.7 Å². The Morgan fingerprint density at radius 3 is 2.67 bits per heavy atom. The Bertz CT molecular complexity index is 515. The van der Waals surface area contributed by atoms with E-state index < -0.39 is 0 Å². The quantitative estimate of drug-likeness (QED) is 0.805. The minimum atomic E-state index is 0.132. The van der Waals surface area contributed by atoms with Crippen LogP contribution in [0, 0.1) is 22.7 Å². The van der Waals surface area contributed by atoms with Gasteiger partial charge in [-0.25, -0.2) is 0 Å². The third-order valence-corrected chi connectivity index (χ3v) is 8.76. The summed E-state index contributed by atoms with van der Waals surface area (Å²) < 4.78 is 0. The van der Waals surface area contributed by atoms with E-state index in [1.54, 1.807) is 0 Å². The Kier molecular flexibility index (Phi) is 3.02. The molecule has 5 atom stereocenters. The van der Waals surface area contributed by atoms with Gasteiger partial charge in [-0.3, -0.25) is 4.79 Å². The lowest BCUT2D eigenvalue weighted by molar-refractivity contribution is -0.122. The topological polar surface area (TPSA) is 41.5 Å². The molecule has 3 aliphatic carbocycles. The third kappa shape index (κ3) is 1.74. The first-order chi connectivity index (χ1) is 9.95. The molecule has 0 amide bonds. The molecule has 116 valence electrons. The van der Waals surface area contributed by atoms with Crippen LogP contribution in [0.4, 0.5) is 0 Å². The van der Waals surface area contributed by atoms with Crippen LogP contribution in [0.1, 0.15) is 59.3 Å². The number of Topliss-reactive ketones (excluding diaryl/α,β-unsaturated/α-hetero) is 1. The maximum atomic E-state index is 12.8. The van der Waals surface area contributed by atoms with Crippen LogP contribution >= 0.6 is 11.8 Å². The van der Waals surface area contributed by atoms with Gasteiger partial charge in [-0.1, -0.05) is 45.4 Å². The minimum absolute atomic E-state index is 0.132. The molecule has 3 fully saturated rings. The van der Waals surface area contributed by atoms with E-state index in [9.17, 15) is 4.79 Å². The summed E-state index contributed by atoms with van der Waals surface area (Å²) >= 11 is 1.81. The zero-order valence-corrected chi connectivity index (χ0v) is 14.1. The lowest BCUT2D eigenvalue weighted by atomic mass is 9.71. The van der Waals surface area contributed by atoms with Crippen LogP contribution in [-0.2, 0) is 4.79 Å². The van der Waals surface area contributed by atoms with E-state index in [2.05, 4.69) is 31.3 Å². The summed E-state index contributed by atoms with van der Waals surface area (Å²) in [6, 6.07) is 0.538. The molecule has 1 heterocycles. The normalized spacial score (nSPS) is 47.2. The number of hydrazone groups is 1. The predicted octanol–water partition coefficient (Wildman–Crippen LogP) is 3.59. The van der Waals surface area contributed by atoms with Crippen molar-refractivity contribution in [1.29, 1.82) is 0 Å². The Balaban J connectivity index is 1.57. The predicted molar refractivity (Wildman–Crippen MR) is 87.3 cm³/mol. The first-order valence-electron chi connectivity index (χ1n) is 8.48. The van der Waals surface area contributed by atoms with Crippen LogP contribution in [0.15, 0.2) is 5.10 Å². The standard InChI is InChI=1S/C17H26N2OS/c1-16(2)11-8-9-17(16,3)14(13(11)20)21-15-10-6-4-5-7-12(10)18-19-15/h10-12,14,18H,4-9H2,1-3H3/t10-,11+,12-,14-,17+/m1/s1. The maximum absolute atomic E-state index is 12.8. The van der Waals surface area contributed by atoms with Crippen LogP contribution < -0.4 is 5.43 Å². The average Bonchev–Trinajstić information content (AvgIpc) is 2.99. The second kappa shape index (κ2) is 4.50. The van der Waals surface area contributed by atoms with Crippen molar-refractivity contribution in [3.63, 3.8) is 0 Å². The Morgan fingerprint density at radius 1 is 1.19 bits per heavy atom. The molecule has 0 spiro atoms. The molecule has 0 aromatic rings. The number of nitrogens with zero attached hydrogens (tertiary/aromatic N) is 1. The number of fused-ring (bicyclic) bond motifs is 3. The fraction of sp³-hybridized carbons (Fsp3) is 0.882. The van der Waals surface area contributed by atoms with Crippen molar-refractivity contribution in [3.05, 3.63) is 0 Å². The summed E-state index contributed by atoms with van der Waals surface area (Å²) in [5, 5.41) is 5.97. The molecule has 1 aliphatic heterocycles. The number of ketones is 1. The van der Waals surface area contributed by atoms with Gasteiger partial charge in [-0.05, 0) is 36.5 Å². The molecule has 1 N–H and O–H groups in total. The van der Waals surface area contributed by atoms with Crippen molar-refractivity contribution in [1.82, 2.24) is 5.43 Å². The van der Waals surface area contributed by atoms with Crippen LogP contribution in [0.25, 0.3) is 0 Å². The van der Waals surface area contributed by atoms with Crippen molar-refractivity contribution in [2.24, 2.45) is 27.8 Å². The van der Waals surface area contributed by atoms with E-state index in [-0.39, 0.29) is 22.0 Å². The summed E-state index contributed by atoms with van der Waals surface area (Å²) in [7, 11) is 0. The molecule has 0 saturated heterocycles. The Hall–Kier alpha value is -0.510. The third-order valence-electron chi connectivity index (χ3n) is 7.14. The highest BCUT2D eigenvalue weighted by atomic mass is 32.2. The van der Waals surface area contributed by atoms with Gasteiger partial charge in [0.05, 0.1) is 16.3 Å². The molecule has 4 rings (SSSR count). The van der Waals surface area contributed by atoms with Gasteiger partial charge in [-0.2, -0.15) is 5.10 Å². The number of thioether (sulfide) groups is 1. The largest absolute Gasteiger partial charge is 0.306 e. The molecule has 3 nitrogen and oxygen atoms in total. The van der Waals surface area contributed by atoms with Crippen LogP contribution in [-0.4, -0.2) is 22.1 Å². The fourth-order valence-electron chi connectivity index (χ4n) is 5.22. The van der Waals surface area contributed by atoms with Gasteiger partial charge >= 0.3 is 0 Å². The van der Waals surface area contributed by atoms with Crippen molar-refractivity contribution in [2.45, 2.75) is 70.6 Å². The van der Waals surface area contributed by atoms with Gasteiger partial charge in [-0.15, -0.1) is 0 Å². The van der Waals surface area contributed by atoms with Gasteiger partial charge in [0.1, 0.15) is 5.78 Å². The minimum Gasteiger partial charge on any atom is -0.306 e. The van der Waals surface area contributed by atoms with Crippen molar-refractivity contribution < 1.29 is 4.79 Å². The number of rotatable bonds is 1. The molecule has 21 heavy (non-hydrogen) atoms. The zero-order chi connectivity index (χ0) is 14.8. The SMILES string of the molecule is CC1(C)[C@H]2CC[C@@]1(C)[C@H](SC1=NN[C@@H]3CCCC[C@@H]13)C2=O. The van der Waals surface area contributed by atoms with Gasteiger partial charge in [0.2, 0.25) is 0 Å². The summed E-state index contributed by atoms with van der Waals surface area (Å²) in [6.45, 7) is 6.96. The second-order valence-electron chi connectivity index (χ2n) is 8.21. The maximum Gasteiger partial charge on any atom is 0.150 e. The molecular weight excluding hydrogens is 280 g/mol. The van der Waals surface area contributed by atoms with Crippen LogP contribution in [0.3, 0.4) is 0 Å². The first kappa shape index (κ1) is 14.1. The molecule has 4 aliphatic rings. The zero-order valence-electron chi connectivity index (χ0n) is 13.3. The van der Waals surface area contributed by atoms with Gasteiger partial charge < -0.3 is 5.43 Å². The monoisotopic (exact) mass is 306 g/mol. The average molecular weight is 306 g/mol. The van der Waals surface area contributed by atoms with Crippen molar-refractivity contribution in [2.75, 3.05) is 0 Å². The first-order valence-corrected chi connectivity index (χ1v) is 9.36. The number of carbonyl (C=O) groups excluding carboxylic acids is 1. The lowest BCUT2D eigenvalue weighted by Gasteiger charge is -2.38. The molecule has 0 radical (unpaired) electrons. The van der Waals surface area contributed by atoms with E-state index in [0.717, 1.165) is 6.42 Å². The van der Waals surface area contributed by atoms with Crippen LogP contribution in [0.5, 0.6) is 0 Å². The Morgan fingerprint density at radius 2 is 1.95 bits per heavy atom. The van der Waals surface area contributed by atoms with E-state index in [1.165, 1.54) is 37.1 Å². The fourth-order valence-corrected chi connectivity index (χ4v) is 6.99. The molecule has 2 bridgehead atoms. The molecule has 0 aromatic carbocycles. The van der Waals surface area contributed by atoms with Crippen molar-refractivity contribution in [3.8, 4) is 0 Å². The smallest absolute Gasteiger partial charge is 0.150 e. The summed E-state index contributed by atoms with van der Waals surface area (Å²) in [6.07, 6.45) is 7.40. The van der Waals surface area contributed by atoms with Crippen molar-refractivity contribution >= 4 is 22.6 Å². The van der Waals surface area contributed by atoms with E-state index in [1.807, 2.05) is 11.8 Å². The molecular formula is C17H26N2OS. The van der Waals surface area contributed by atoms with E-state index >= 15 is 0 Å². The molecule has 4 heteroatoms.